The molecule has 152 valence electrons. The minimum Gasteiger partial charge on any atom is -0.496 e. The molecule has 6 nitrogen and oxygen atoms in total. The molecule has 2 aromatic carbocycles. The fraction of sp³-hybridized carbons (Fsp3) is 0.368. The van der Waals surface area contributed by atoms with Crippen molar-refractivity contribution in [3.63, 3.8) is 0 Å². The van der Waals surface area contributed by atoms with Crippen molar-refractivity contribution in [3.8, 4) is 5.75 Å². The Kier molecular flexibility index (Phi) is 7.05. The third-order valence-electron chi connectivity index (χ3n) is 4.64. The third-order valence-corrected chi connectivity index (χ3v) is 6.68. The van der Waals surface area contributed by atoms with Crippen LogP contribution >= 0.6 is 15.9 Å². The third kappa shape index (κ3) is 5.09. The second kappa shape index (κ2) is 9.32. The maximum atomic E-state index is 13.3. The van der Waals surface area contributed by atoms with Gasteiger partial charge < -0.3 is 9.47 Å². The Labute approximate surface area is 172 Å². The summed E-state index contributed by atoms with van der Waals surface area (Å²) in [7, 11) is -2.21. The molecule has 0 saturated carbocycles. The van der Waals surface area contributed by atoms with Crippen LogP contribution in [0, 0.1) is 5.82 Å². The first-order valence-corrected chi connectivity index (χ1v) is 11.1. The molecule has 0 bridgehead atoms. The summed E-state index contributed by atoms with van der Waals surface area (Å²) in [5.74, 6) is 0.226. The number of hydrogen-bond donors (Lipinski definition) is 1. The zero-order valence-corrected chi connectivity index (χ0v) is 17.8. The van der Waals surface area contributed by atoms with Crippen LogP contribution in [0.15, 0.2) is 51.8 Å². The van der Waals surface area contributed by atoms with Crippen LogP contribution in [0.5, 0.6) is 5.75 Å². The molecule has 1 fully saturated rings. The molecular formula is C19H22BrFN2O4S. The van der Waals surface area contributed by atoms with Crippen LogP contribution in [0.1, 0.15) is 11.6 Å². The van der Waals surface area contributed by atoms with Crippen molar-refractivity contribution < 1.29 is 22.3 Å². The molecule has 0 spiro atoms. The number of ether oxygens (including phenoxy) is 2. The van der Waals surface area contributed by atoms with Crippen molar-refractivity contribution in [1.29, 1.82) is 0 Å². The lowest BCUT2D eigenvalue weighted by atomic mass is 10.0. The Hall–Kier alpha value is -1.52. The van der Waals surface area contributed by atoms with Crippen LogP contribution in [-0.4, -0.2) is 53.3 Å². The zero-order chi connectivity index (χ0) is 20.1. The van der Waals surface area contributed by atoms with Gasteiger partial charge in [0.2, 0.25) is 10.0 Å². The van der Waals surface area contributed by atoms with E-state index in [1.54, 1.807) is 18.2 Å². The fourth-order valence-electron chi connectivity index (χ4n) is 3.12. The first-order chi connectivity index (χ1) is 13.4. The molecule has 1 N–H and O–H groups in total. The summed E-state index contributed by atoms with van der Waals surface area (Å²) in [6.07, 6.45) is 0. The van der Waals surface area contributed by atoms with Gasteiger partial charge in [-0.3, -0.25) is 4.90 Å². The number of nitrogens with one attached hydrogen (secondary N) is 1. The summed E-state index contributed by atoms with van der Waals surface area (Å²) in [6, 6.07) is 10.5. The summed E-state index contributed by atoms with van der Waals surface area (Å²) < 4.78 is 52.7. The van der Waals surface area contributed by atoms with Crippen LogP contribution in [-0.2, 0) is 14.8 Å². The monoisotopic (exact) mass is 472 g/mol. The second-order valence-corrected chi connectivity index (χ2v) is 8.99. The number of sulfonamides is 1. The molecule has 3 rings (SSSR count). The quantitative estimate of drug-likeness (QED) is 0.670. The van der Waals surface area contributed by atoms with Gasteiger partial charge in [0.1, 0.15) is 11.6 Å². The van der Waals surface area contributed by atoms with Crippen molar-refractivity contribution in [2.45, 2.75) is 10.9 Å². The minimum absolute atomic E-state index is 0.139. The van der Waals surface area contributed by atoms with Gasteiger partial charge >= 0.3 is 0 Å². The molecule has 0 aromatic heterocycles. The van der Waals surface area contributed by atoms with Gasteiger partial charge in [-0.2, -0.15) is 0 Å². The molecule has 1 atom stereocenters. The van der Waals surface area contributed by atoms with Crippen LogP contribution < -0.4 is 9.46 Å². The Bertz CT molecular complexity index is 903. The highest BCUT2D eigenvalue weighted by Crippen LogP contribution is 2.28. The SMILES string of the molecule is COc1ccc(S(=O)(=O)NC[C@@H](c2ccc(F)cc2)N2CCOCC2)cc1Br. The predicted octanol–water partition coefficient (Wildman–Crippen LogP) is 2.95. The van der Waals surface area contributed by atoms with E-state index in [4.69, 9.17) is 9.47 Å². The lowest BCUT2D eigenvalue weighted by Crippen LogP contribution is -2.43. The molecule has 0 amide bonds. The standard InChI is InChI=1S/C19H22BrFN2O4S/c1-26-19-7-6-16(12-17(19)20)28(24,25)22-13-18(23-8-10-27-11-9-23)14-2-4-15(21)5-3-14/h2-7,12,18,22H,8-11,13H2,1H3/t18-/m0/s1. The van der Waals surface area contributed by atoms with Crippen LogP contribution in [0.25, 0.3) is 0 Å². The largest absolute Gasteiger partial charge is 0.496 e. The van der Waals surface area contributed by atoms with E-state index < -0.39 is 10.0 Å². The number of hydrogen-bond acceptors (Lipinski definition) is 5. The summed E-state index contributed by atoms with van der Waals surface area (Å²) in [4.78, 5) is 2.28. The number of benzene rings is 2. The Morgan fingerprint density at radius 3 is 2.50 bits per heavy atom. The first kappa shape index (κ1) is 21.2. The summed E-state index contributed by atoms with van der Waals surface area (Å²) in [6.45, 7) is 2.68. The normalized spacial score (nSPS) is 16.7. The fourth-order valence-corrected chi connectivity index (χ4v) is 4.87. The van der Waals surface area contributed by atoms with Gasteiger partial charge in [0.25, 0.3) is 0 Å². The summed E-state index contributed by atoms with van der Waals surface area (Å²) in [5, 5.41) is 0. The highest BCUT2D eigenvalue weighted by Gasteiger charge is 2.25. The van der Waals surface area contributed by atoms with Gasteiger partial charge in [-0.25, -0.2) is 17.5 Å². The molecule has 0 aliphatic carbocycles. The molecule has 0 unspecified atom stereocenters. The highest BCUT2D eigenvalue weighted by atomic mass is 79.9. The van der Waals surface area contributed by atoms with Gasteiger partial charge in [-0.05, 0) is 51.8 Å². The molecule has 2 aromatic rings. The number of morpholine rings is 1. The number of methoxy groups -OCH3 is 1. The van der Waals surface area contributed by atoms with E-state index in [0.717, 1.165) is 5.56 Å². The topological polar surface area (TPSA) is 67.9 Å². The first-order valence-electron chi connectivity index (χ1n) is 8.81. The van der Waals surface area contributed by atoms with E-state index in [1.807, 2.05) is 0 Å². The molecule has 1 heterocycles. The molecule has 28 heavy (non-hydrogen) atoms. The molecular weight excluding hydrogens is 451 g/mol. The van der Waals surface area contributed by atoms with E-state index in [0.29, 0.717) is 36.5 Å². The summed E-state index contributed by atoms with van der Waals surface area (Å²) in [5.41, 5.74) is 0.849. The van der Waals surface area contributed by atoms with E-state index in [2.05, 4.69) is 25.6 Å². The van der Waals surface area contributed by atoms with Crippen molar-refractivity contribution in [2.24, 2.45) is 0 Å². The predicted molar refractivity (Wildman–Crippen MR) is 107 cm³/mol. The maximum absolute atomic E-state index is 13.3. The van der Waals surface area contributed by atoms with Crippen LogP contribution in [0.2, 0.25) is 0 Å². The molecule has 1 aliphatic rings. The smallest absolute Gasteiger partial charge is 0.240 e. The number of halogens is 2. The van der Waals surface area contributed by atoms with Crippen LogP contribution in [0.4, 0.5) is 4.39 Å². The number of rotatable bonds is 7. The number of nitrogens with zero attached hydrogens (tertiary/aromatic N) is 1. The Balaban J connectivity index is 1.80. The average Bonchev–Trinajstić information content (AvgIpc) is 2.70. The summed E-state index contributed by atoms with van der Waals surface area (Å²) >= 11 is 3.31. The van der Waals surface area contributed by atoms with Gasteiger partial charge in [0.15, 0.2) is 0 Å². The van der Waals surface area contributed by atoms with E-state index in [-0.39, 0.29) is 23.3 Å². The van der Waals surface area contributed by atoms with Crippen molar-refractivity contribution in [2.75, 3.05) is 40.0 Å². The molecule has 1 saturated heterocycles. The van der Waals surface area contributed by atoms with E-state index in [9.17, 15) is 12.8 Å². The van der Waals surface area contributed by atoms with Gasteiger partial charge in [-0.1, -0.05) is 12.1 Å². The Morgan fingerprint density at radius 1 is 1.21 bits per heavy atom. The molecule has 1 aliphatic heterocycles. The van der Waals surface area contributed by atoms with Gasteiger partial charge in [0, 0.05) is 25.7 Å². The maximum Gasteiger partial charge on any atom is 0.240 e. The highest BCUT2D eigenvalue weighted by molar-refractivity contribution is 9.10. The second-order valence-electron chi connectivity index (χ2n) is 6.36. The van der Waals surface area contributed by atoms with E-state index >= 15 is 0 Å². The molecule has 9 heteroatoms. The van der Waals surface area contributed by atoms with Crippen LogP contribution in [0.3, 0.4) is 0 Å². The van der Waals surface area contributed by atoms with Crippen molar-refractivity contribution in [3.05, 3.63) is 58.3 Å². The van der Waals surface area contributed by atoms with E-state index in [1.165, 1.54) is 31.4 Å². The van der Waals surface area contributed by atoms with Gasteiger partial charge in [-0.15, -0.1) is 0 Å². The lowest BCUT2D eigenvalue weighted by molar-refractivity contribution is 0.0172. The average molecular weight is 473 g/mol. The van der Waals surface area contributed by atoms with Crippen molar-refractivity contribution in [1.82, 2.24) is 9.62 Å². The van der Waals surface area contributed by atoms with Crippen molar-refractivity contribution >= 4 is 26.0 Å². The minimum atomic E-state index is -3.73. The molecule has 0 radical (unpaired) electrons. The Morgan fingerprint density at radius 2 is 1.89 bits per heavy atom. The lowest BCUT2D eigenvalue weighted by Gasteiger charge is -2.34. The zero-order valence-electron chi connectivity index (χ0n) is 15.4. The van der Waals surface area contributed by atoms with Gasteiger partial charge in [0.05, 0.1) is 29.7 Å².